The average molecular weight is 395 g/mol. The first-order valence-corrected chi connectivity index (χ1v) is 10.9. The number of aliphatic hydroxyl groups is 1. The highest BCUT2D eigenvalue weighted by atomic mass is 32.1. The quantitative estimate of drug-likeness (QED) is 0.295. The van der Waals surface area contributed by atoms with Gasteiger partial charge in [-0.3, -0.25) is 4.79 Å². The van der Waals surface area contributed by atoms with Crippen molar-refractivity contribution in [1.82, 2.24) is 16.0 Å². The minimum atomic E-state index is -0.981. The molecule has 1 heterocycles. The zero-order chi connectivity index (χ0) is 19.5. The number of nitrogens with one attached hydrogen (secondary N) is 3. The van der Waals surface area contributed by atoms with Crippen molar-refractivity contribution in [3.05, 3.63) is 22.4 Å². The number of amides is 1. The molecule has 7 heteroatoms. The van der Waals surface area contributed by atoms with E-state index in [0.717, 1.165) is 11.4 Å². The van der Waals surface area contributed by atoms with Gasteiger partial charge in [0, 0.05) is 30.9 Å². The molecule has 152 valence electrons. The summed E-state index contributed by atoms with van der Waals surface area (Å²) in [6, 6.07) is 3.85. The van der Waals surface area contributed by atoms with Gasteiger partial charge in [0.2, 0.25) is 5.91 Å². The smallest absolute Gasteiger partial charge is 0.220 e. The van der Waals surface area contributed by atoms with E-state index < -0.39 is 5.60 Å². The van der Waals surface area contributed by atoms with Crippen molar-refractivity contribution in [3.63, 3.8) is 0 Å². The fourth-order valence-electron chi connectivity index (χ4n) is 3.35. The number of carbonyl (C=O) groups excluding carboxylic acids is 1. The first-order chi connectivity index (χ1) is 13.0. The molecule has 1 aliphatic rings. The van der Waals surface area contributed by atoms with E-state index in [4.69, 9.17) is 0 Å². The highest BCUT2D eigenvalue weighted by Crippen LogP contribution is 2.26. The first kappa shape index (κ1) is 21.7. The topological polar surface area (TPSA) is 85.8 Å². The van der Waals surface area contributed by atoms with E-state index in [9.17, 15) is 9.90 Å². The zero-order valence-electron chi connectivity index (χ0n) is 16.6. The van der Waals surface area contributed by atoms with Gasteiger partial charge in [-0.05, 0) is 44.1 Å². The molecule has 1 unspecified atom stereocenters. The lowest BCUT2D eigenvalue weighted by molar-refractivity contribution is -0.122. The standard InChI is InChI=1S/C20H34N4O2S/c1-3-21-19(24-15-20(2,26)17-10-7-13-27-17)23-12-11-22-18(25)14-16-8-5-4-6-9-16/h7,10,13,16,26H,3-6,8-9,11-12,14-15H2,1-2H3,(H,22,25)(H2,21,23,24). The molecule has 0 aromatic carbocycles. The van der Waals surface area contributed by atoms with E-state index in [1.165, 1.54) is 43.4 Å². The number of rotatable bonds is 9. The predicted octanol–water partition coefficient (Wildman–Crippen LogP) is 2.60. The highest BCUT2D eigenvalue weighted by Gasteiger charge is 2.24. The third-order valence-electron chi connectivity index (χ3n) is 4.88. The van der Waals surface area contributed by atoms with E-state index >= 15 is 0 Å². The summed E-state index contributed by atoms with van der Waals surface area (Å²) in [6.45, 7) is 5.95. The van der Waals surface area contributed by atoms with Crippen molar-refractivity contribution in [3.8, 4) is 0 Å². The fraction of sp³-hybridized carbons (Fsp3) is 0.700. The average Bonchev–Trinajstić information content (AvgIpc) is 3.20. The van der Waals surface area contributed by atoms with Crippen molar-refractivity contribution in [2.75, 3.05) is 26.2 Å². The van der Waals surface area contributed by atoms with Gasteiger partial charge in [-0.1, -0.05) is 25.3 Å². The Labute approximate surface area is 166 Å². The molecule has 0 saturated heterocycles. The molecule has 1 fully saturated rings. The summed E-state index contributed by atoms with van der Waals surface area (Å²) < 4.78 is 0. The van der Waals surface area contributed by atoms with Crippen LogP contribution in [0.5, 0.6) is 0 Å². The van der Waals surface area contributed by atoms with Crippen molar-refractivity contribution in [2.45, 2.75) is 58.0 Å². The maximum absolute atomic E-state index is 12.1. The molecule has 4 N–H and O–H groups in total. The normalized spacial score (nSPS) is 18.0. The van der Waals surface area contributed by atoms with E-state index in [-0.39, 0.29) is 12.5 Å². The molecule has 0 spiro atoms. The first-order valence-electron chi connectivity index (χ1n) is 10.1. The largest absolute Gasteiger partial charge is 0.383 e. The Hall–Kier alpha value is -1.60. The SMILES string of the molecule is CCNC(=NCC(C)(O)c1cccs1)NCCNC(=O)CC1CCCCC1. The lowest BCUT2D eigenvalue weighted by Crippen LogP contribution is -2.42. The molecule has 0 bridgehead atoms. The third kappa shape index (κ3) is 7.89. The van der Waals surface area contributed by atoms with Gasteiger partial charge in [0.15, 0.2) is 5.96 Å². The number of hydrogen-bond donors (Lipinski definition) is 4. The number of thiophene rings is 1. The zero-order valence-corrected chi connectivity index (χ0v) is 17.4. The monoisotopic (exact) mass is 394 g/mol. The Morgan fingerprint density at radius 2 is 2.00 bits per heavy atom. The second-order valence-corrected chi connectivity index (χ2v) is 8.38. The lowest BCUT2D eigenvalue weighted by Gasteiger charge is -2.21. The molecule has 1 saturated carbocycles. The lowest BCUT2D eigenvalue weighted by atomic mass is 9.87. The van der Waals surface area contributed by atoms with E-state index in [1.807, 2.05) is 24.4 Å². The molecule has 1 aliphatic carbocycles. The van der Waals surface area contributed by atoms with Crippen LogP contribution in [0.15, 0.2) is 22.5 Å². The molecule has 0 radical (unpaired) electrons. The molecule has 1 aromatic heterocycles. The second kappa shape index (κ2) is 11.3. The Morgan fingerprint density at radius 1 is 1.26 bits per heavy atom. The van der Waals surface area contributed by atoms with Crippen LogP contribution in [-0.2, 0) is 10.4 Å². The predicted molar refractivity (Wildman–Crippen MR) is 112 cm³/mol. The van der Waals surface area contributed by atoms with Crippen molar-refractivity contribution in [2.24, 2.45) is 10.9 Å². The summed E-state index contributed by atoms with van der Waals surface area (Å²) in [5.41, 5.74) is -0.981. The van der Waals surface area contributed by atoms with Crippen LogP contribution in [0.3, 0.4) is 0 Å². The Bertz CT molecular complexity index is 581. The molecular formula is C20H34N4O2S. The summed E-state index contributed by atoms with van der Waals surface area (Å²) in [5, 5.41) is 21.9. The number of carbonyl (C=O) groups is 1. The number of guanidine groups is 1. The maximum Gasteiger partial charge on any atom is 0.220 e. The van der Waals surface area contributed by atoms with Crippen molar-refractivity contribution < 1.29 is 9.90 Å². The van der Waals surface area contributed by atoms with Crippen LogP contribution in [0.1, 0.15) is 57.2 Å². The van der Waals surface area contributed by atoms with Crippen LogP contribution in [0.25, 0.3) is 0 Å². The Kier molecular flexibility index (Phi) is 9.07. The molecule has 0 aliphatic heterocycles. The van der Waals surface area contributed by atoms with Crippen molar-refractivity contribution in [1.29, 1.82) is 0 Å². The summed E-state index contributed by atoms with van der Waals surface area (Å²) >= 11 is 1.53. The Balaban J connectivity index is 1.71. The van der Waals surface area contributed by atoms with Gasteiger partial charge in [-0.15, -0.1) is 11.3 Å². The van der Waals surface area contributed by atoms with Gasteiger partial charge in [0.25, 0.3) is 0 Å². The van der Waals surface area contributed by atoms with Crippen LogP contribution in [-0.4, -0.2) is 43.2 Å². The minimum absolute atomic E-state index is 0.145. The molecule has 2 rings (SSSR count). The minimum Gasteiger partial charge on any atom is -0.383 e. The van der Waals surface area contributed by atoms with Crippen molar-refractivity contribution >= 4 is 23.2 Å². The second-order valence-electron chi connectivity index (χ2n) is 7.43. The molecule has 1 amide bonds. The molecular weight excluding hydrogens is 360 g/mol. The maximum atomic E-state index is 12.1. The molecule has 1 atom stereocenters. The third-order valence-corrected chi connectivity index (χ3v) is 6.00. The van der Waals surface area contributed by atoms with Crippen LogP contribution in [0.4, 0.5) is 0 Å². The fourth-order valence-corrected chi connectivity index (χ4v) is 4.13. The van der Waals surface area contributed by atoms with E-state index in [2.05, 4.69) is 20.9 Å². The number of hydrogen-bond acceptors (Lipinski definition) is 4. The molecule has 1 aromatic rings. The Morgan fingerprint density at radius 3 is 2.67 bits per heavy atom. The molecule has 27 heavy (non-hydrogen) atoms. The van der Waals surface area contributed by atoms with Crippen LogP contribution < -0.4 is 16.0 Å². The van der Waals surface area contributed by atoms with E-state index in [1.54, 1.807) is 6.92 Å². The van der Waals surface area contributed by atoms with Gasteiger partial charge in [-0.2, -0.15) is 0 Å². The highest BCUT2D eigenvalue weighted by molar-refractivity contribution is 7.10. The van der Waals surface area contributed by atoms with Gasteiger partial charge >= 0.3 is 0 Å². The summed E-state index contributed by atoms with van der Waals surface area (Å²) in [5.74, 6) is 1.35. The summed E-state index contributed by atoms with van der Waals surface area (Å²) in [7, 11) is 0. The van der Waals surface area contributed by atoms with Gasteiger partial charge in [0.1, 0.15) is 5.60 Å². The van der Waals surface area contributed by atoms with Gasteiger partial charge < -0.3 is 21.1 Å². The van der Waals surface area contributed by atoms with Crippen LogP contribution in [0, 0.1) is 5.92 Å². The summed E-state index contributed by atoms with van der Waals surface area (Å²) in [4.78, 5) is 17.4. The number of aliphatic imine (C=N–C) groups is 1. The van der Waals surface area contributed by atoms with Crippen LogP contribution >= 0.6 is 11.3 Å². The molecule has 6 nitrogen and oxygen atoms in total. The summed E-state index contributed by atoms with van der Waals surface area (Å²) in [6.07, 6.45) is 6.86. The van der Waals surface area contributed by atoms with Crippen LogP contribution in [0.2, 0.25) is 0 Å². The van der Waals surface area contributed by atoms with E-state index in [0.29, 0.717) is 31.4 Å². The van der Waals surface area contributed by atoms with Gasteiger partial charge in [-0.25, -0.2) is 4.99 Å². The number of nitrogens with zero attached hydrogens (tertiary/aromatic N) is 1. The van der Waals surface area contributed by atoms with Gasteiger partial charge in [0.05, 0.1) is 6.54 Å².